The van der Waals surface area contributed by atoms with Gasteiger partial charge in [0, 0.05) is 5.41 Å². The second kappa shape index (κ2) is 3.61. The van der Waals surface area contributed by atoms with E-state index >= 15 is 0 Å². The van der Waals surface area contributed by atoms with Gasteiger partial charge in [0.05, 0.1) is 19.4 Å². The summed E-state index contributed by atoms with van der Waals surface area (Å²) in [7, 11) is 0. The third-order valence-electron chi connectivity index (χ3n) is 3.18. The molecular weight excluding hydrogens is 220 g/mol. The highest BCUT2D eigenvalue weighted by Gasteiger charge is 2.47. The molecule has 17 heavy (non-hydrogen) atoms. The summed E-state index contributed by atoms with van der Waals surface area (Å²) in [6.45, 7) is -0.0647. The van der Waals surface area contributed by atoms with Gasteiger partial charge in [0.2, 0.25) is 0 Å². The van der Waals surface area contributed by atoms with E-state index in [1.165, 1.54) is 6.33 Å². The summed E-state index contributed by atoms with van der Waals surface area (Å²) in [5, 5.41) is 18.4. The van der Waals surface area contributed by atoms with Crippen molar-refractivity contribution in [2.75, 3.05) is 13.2 Å². The molecule has 6 heteroatoms. The lowest BCUT2D eigenvalue weighted by Crippen LogP contribution is -2.11. The van der Waals surface area contributed by atoms with Gasteiger partial charge < -0.3 is 15.2 Å². The van der Waals surface area contributed by atoms with Crippen LogP contribution in [0.2, 0.25) is 0 Å². The minimum atomic E-state index is -0.440. The molecule has 1 saturated carbocycles. The van der Waals surface area contributed by atoms with Gasteiger partial charge in [0.1, 0.15) is 17.7 Å². The Morgan fingerprint density at radius 3 is 2.88 bits per heavy atom. The largest absolute Gasteiger partial charge is 0.395 e. The van der Waals surface area contributed by atoms with Crippen molar-refractivity contribution in [2.24, 2.45) is 5.41 Å². The summed E-state index contributed by atoms with van der Waals surface area (Å²) in [6.07, 6.45) is 5.68. The molecule has 2 aromatic heterocycles. The average Bonchev–Trinajstić information content (AvgIpc) is 2.89. The molecule has 3 rings (SSSR count). The van der Waals surface area contributed by atoms with Gasteiger partial charge in [-0.2, -0.15) is 0 Å². The molecule has 1 aliphatic carbocycles. The van der Waals surface area contributed by atoms with Crippen LogP contribution in [-0.2, 0) is 0 Å². The number of H-pyrrole nitrogens is 1. The number of aromatic amines is 1. The van der Waals surface area contributed by atoms with E-state index < -0.39 is 5.41 Å². The number of hydrogen-bond acceptors (Lipinski definition) is 5. The number of imidazole rings is 1. The van der Waals surface area contributed by atoms with Gasteiger partial charge in [0.25, 0.3) is 0 Å². The predicted octanol–water partition coefficient (Wildman–Crippen LogP) is 0.111. The van der Waals surface area contributed by atoms with E-state index in [9.17, 15) is 10.2 Å². The molecular formula is C11H12N4O2. The third kappa shape index (κ3) is 1.62. The normalized spacial score (nSPS) is 20.0. The highest BCUT2D eigenvalue weighted by Crippen LogP contribution is 2.51. The number of nitrogens with zero attached hydrogens (tertiary/aromatic N) is 3. The molecule has 0 radical (unpaired) electrons. The first-order valence-electron chi connectivity index (χ1n) is 5.36. The molecule has 0 atom stereocenters. The van der Waals surface area contributed by atoms with Crippen molar-refractivity contribution in [1.82, 2.24) is 19.9 Å². The van der Waals surface area contributed by atoms with E-state index in [2.05, 4.69) is 19.9 Å². The van der Waals surface area contributed by atoms with Crippen LogP contribution in [0.3, 0.4) is 0 Å². The maximum Gasteiger partial charge on any atom is 0.181 e. The first-order chi connectivity index (χ1) is 8.27. The Balaban J connectivity index is 1.94. The Hall–Kier alpha value is -1.79. The molecule has 0 saturated heterocycles. The number of aromatic nitrogens is 4. The van der Waals surface area contributed by atoms with Gasteiger partial charge in [-0.3, -0.25) is 0 Å². The Bertz CT molecular complexity index is 553. The van der Waals surface area contributed by atoms with Crippen LogP contribution in [-0.4, -0.2) is 43.4 Å². The van der Waals surface area contributed by atoms with Crippen LogP contribution >= 0.6 is 0 Å². The second-order valence-corrected chi connectivity index (χ2v) is 4.32. The maximum absolute atomic E-state index is 9.19. The first kappa shape index (κ1) is 10.4. The van der Waals surface area contributed by atoms with Crippen molar-refractivity contribution in [3.8, 4) is 0 Å². The van der Waals surface area contributed by atoms with Crippen LogP contribution in [0.25, 0.3) is 17.2 Å². The van der Waals surface area contributed by atoms with E-state index in [1.54, 1.807) is 6.20 Å². The van der Waals surface area contributed by atoms with Crippen molar-refractivity contribution < 1.29 is 10.2 Å². The Kier molecular flexibility index (Phi) is 2.20. The quantitative estimate of drug-likeness (QED) is 0.698. The fraction of sp³-hybridized carbons (Fsp3) is 0.364. The summed E-state index contributed by atoms with van der Waals surface area (Å²) in [5.41, 5.74) is 1.96. The lowest BCUT2D eigenvalue weighted by molar-refractivity contribution is 0.143. The van der Waals surface area contributed by atoms with Crippen LogP contribution in [0.15, 0.2) is 18.1 Å². The average molecular weight is 232 g/mol. The van der Waals surface area contributed by atoms with Crippen molar-refractivity contribution in [3.05, 3.63) is 23.9 Å². The Morgan fingerprint density at radius 1 is 1.41 bits per heavy atom. The molecule has 1 aliphatic rings. The summed E-state index contributed by atoms with van der Waals surface area (Å²) in [4.78, 5) is 15.3. The number of hydrogen-bond donors (Lipinski definition) is 3. The number of fused-ring (bicyclic) bond motifs is 1. The molecule has 6 nitrogen and oxygen atoms in total. The highest BCUT2D eigenvalue weighted by molar-refractivity contribution is 5.72. The van der Waals surface area contributed by atoms with Crippen molar-refractivity contribution >= 4 is 17.2 Å². The van der Waals surface area contributed by atoms with E-state index in [1.807, 2.05) is 6.08 Å². The summed E-state index contributed by atoms with van der Waals surface area (Å²) >= 11 is 0. The first-order valence-corrected chi connectivity index (χ1v) is 5.36. The van der Waals surface area contributed by atoms with E-state index in [0.29, 0.717) is 17.9 Å². The number of aliphatic hydroxyl groups is 2. The van der Waals surface area contributed by atoms with Crippen LogP contribution in [0.5, 0.6) is 0 Å². The lowest BCUT2D eigenvalue weighted by atomic mass is 10.1. The minimum Gasteiger partial charge on any atom is -0.395 e. The standard InChI is InChI=1S/C11H12N4O2/c16-4-11(5-17)2-7(11)1-9-14-8-3-12-6-13-10(8)15-9/h1,3,6,16-17H,2,4-5H2,(H,12,13,14,15). The zero-order valence-electron chi connectivity index (χ0n) is 9.09. The monoisotopic (exact) mass is 232 g/mol. The summed E-state index contributed by atoms with van der Waals surface area (Å²) in [5.74, 6) is 0.680. The third-order valence-corrected chi connectivity index (χ3v) is 3.18. The van der Waals surface area contributed by atoms with Crippen LogP contribution in [0.4, 0.5) is 0 Å². The zero-order chi connectivity index (χ0) is 11.9. The van der Waals surface area contributed by atoms with Crippen molar-refractivity contribution in [2.45, 2.75) is 6.42 Å². The molecule has 0 amide bonds. The topological polar surface area (TPSA) is 94.9 Å². The fourth-order valence-corrected chi connectivity index (χ4v) is 1.90. The molecule has 0 aliphatic heterocycles. The van der Waals surface area contributed by atoms with E-state index in [4.69, 9.17) is 0 Å². The molecule has 0 unspecified atom stereocenters. The highest BCUT2D eigenvalue weighted by atomic mass is 16.3. The number of aliphatic hydroxyl groups excluding tert-OH is 2. The fourth-order valence-electron chi connectivity index (χ4n) is 1.90. The summed E-state index contributed by atoms with van der Waals surface area (Å²) in [6, 6.07) is 0. The van der Waals surface area contributed by atoms with Gasteiger partial charge in [-0.1, -0.05) is 5.57 Å². The molecule has 88 valence electrons. The Labute approximate surface area is 97.1 Å². The predicted molar refractivity (Wildman–Crippen MR) is 60.9 cm³/mol. The van der Waals surface area contributed by atoms with Crippen LogP contribution in [0.1, 0.15) is 12.2 Å². The van der Waals surface area contributed by atoms with Gasteiger partial charge in [0.15, 0.2) is 5.65 Å². The molecule has 0 bridgehead atoms. The summed E-state index contributed by atoms with van der Waals surface area (Å²) < 4.78 is 0. The van der Waals surface area contributed by atoms with Crippen molar-refractivity contribution in [3.63, 3.8) is 0 Å². The lowest BCUT2D eigenvalue weighted by Gasteiger charge is -2.04. The van der Waals surface area contributed by atoms with Crippen LogP contribution in [0, 0.1) is 5.41 Å². The second-order valence-electron chi connectivity index (χ2n) is 4.32. The Morgan fingerprint density at radius 2 is 2.24 bits per heavy atom. The molecule has 1 fully saturated rings. The van der Waals surface area contributed by atoms with Gasteiger partial charge in [-0.15, -0.1) is 0 Å². The molecule has 3 N–H and O–H groups in total. The van der Waals surface area contributed by atoms with Crippen LogP contribution < -0.4 is 0 Å². The van der Waals surface area contributed by atoms with Gasteiger partial charge >= 0.3 is 0 Å². The molecule has 0 aromatic carbocycles. The number of rotatable bonds is 3. The zero-order valence-corrected chi connectivity index (χ0v) is 9.09. The smallest absolute Gasteiger partial charge is 0.181 e. The van der Waals surface area contributed by atoms with E-state index in [0.717, 1.165) is 11.1 Å². The van der Waals surface area contributed by atoms with Crippen molar-refractivity contribution in [1.29, 1.82) is 0 Å². The van der Waals surface area contributed by atoms with Gasteiger partial charge in [-0.05, 0) is 12.5 Å². The molecule has 2 aromatic rings. The van der Waals surface area contributed by atoms with E-state index in [-0.39, 0.29) is 13.2 Å². The number of nitrogens with one attached hydrogen (secondary N) is 1. The molecule has 0 spiro atoms. The van der Waals surface area contributed by atoms with Gasteiger partial charge in [-0.25, -0.2) is 15.0 Å². The minimum absolute atomic E-state index is 0.0324. The molecule has 2 heterocycles. The SMILES string of the molecule is OCC1(CO)CC1=Cc1nc2ncncc2[nH]1. The maximum atomic E-state index is 9.19.